The fourth-order valence-electron chi connectivity index (χ4n) is 4.68. The SMILES string of the molecule is CCCN(CCC)C(=O)c1cccc(C(N)=O)c1[C@H](Cc1ccccc1)[C@@H](O)CNCc1ccccn1. The molecule has 0 spiro atoms. The lowest BCUT2D eigenvalue weighted by molar-refractivity contribution is 0.0751. The maximum Gasteiger partial charge on any atom is 0.254 e. The molecule has 2 aromatic carbocycles. The van der Waals surface area contributed by atoms with Crippen molar-refractivity contribution in [1.29, 1.82) is 0 Å². The van der Waals surface area contributed by atoms with Crippen LogP contribution in [0.3, 0.4) is 0 Å². The highest BCUT2D eigenvalue weighted by Crippen LogP contribution is 2.32. The maximum absolute atomic E-state index is 13.8. The number of nitrogens with one attached hydrogen (secondary N) is 1. The maximum atomic E-state index is 13.8. The number of benzene rings is 2. The van der Waals surface area contributed by atoms with Crippen molar-refractivity contribution in [2.45, 2.75) is 51.7 Å². The molecule has 0 saturated heterocycles. The summed E-state index contributed by atoms with van der Waals surface area (Å²) in [6, 6.07) is 20.5. The Morgan fingerprint density at radius 2 is 1.62 bits per heavy atom. The van der Waals surface area contributed by atoms with Crippen molar-refractivity contribution in [1.82, 2.24) is 15.2 Å². The van der Waals surface area contributed by atoms with Gasteiger partial charge in [-0.2, -0.15) is 0 Å². The van der Waals surface area contributed by atoms with Crippen LogP contribution in [0.1, 0.15) is 70.1 Å². The van der Waals surface area contributed by atoms with Gasteiger partial charge in [-0.05, 0) is 54.7 Å². The van der Waals surface area contributed by atoms with E-state index in [9.17, 15) is 14.7 Å². The van der Waals surface area contributed by atoms with Crippen molar-refractivity contribution < 1.29 is 14.7 Å². The monoisotopic (exact) mass is 502 g/mol. The molecule has 0 fully saturated rings. The van der Waals surface area contributed by atoms with Crippen molar-refractivity contribution >= 4 is 11.8 Å². The van der Waals surface area contributed by atoms with Crippen LogP contribution < -0.4 is 11.1 Å². The first-order chi connectivity index (χ1) is 18.0. The molecule has 0 radical (unpaired) electrons. The minimum Gasteiger partial charge on any atom is -0.391 e. The molecule has 1 heterocycles. The first-order valence-corrected chi connectivity index (χ1v) is 13.0. The van der Waals surface area contributed by atoms with Gasteiger partial charge in [-0.1, -0.05) is 56.3 Å². The number of pyridine rings is 1. The van der Waals surface area contributed by atoms with E-state index >= 15 is 0 Å². The number of primary amides is 1. The second-order valence-corrected chi connectivity index (χ2v) is 9.24. The van der Waals surface area contributed by atoms with E-state index in [1.807, 2.05) is 67.3 Å². The van der Waals surface area contributed by atoms with Gasteiger partial charge in [-0.15, -0.1) is 0 Å². The fourth-order valence-corrected chi connectivity index (χ4v) is 4.68. The largest absolute Gasteiger partial charge is 0.391 e. The lowest BCUT2D eigenvalue weighted by Gasteiger charge is -2.29. The molecule has 0 aliphatic heterocycles. The number of carbonyl (C=O) groups is 2. The molecular weight excluding hydrogens is 464 g/mol. The van der Waals surface area contributed by atoms with E-state index in [4.69, 9.17) is 5.73 Å². The van der Waals surface area contributed by atoms with Gasteiger partial charge in [-0.25, -0.2) is 0 Å². The Hall–Kier alpha value is -3.55. The normalized spacial score (nSPS) is 12.6. The van der Waals surface area contributed by atoms with E-state index in [-0.39, 0.29) is 18.0 Å². The third-order valence-electron chi connectivity index (χ3n) is 6.40. The Bertz CT molecular complexity index is 1130. The molecule has 2 amide bonds. The van der Waals surface area contributed by atoms with Crippen LogP contribution in [0, 0.1) is 0 Å². The quantitative estimate of drug-likeness (QED) is 0.310. The summed E-state index contributed by atoms with van der Waals surface area (Å²) in [7, 11) is 0. The minimum atomic E-state index is -0.887. The smallest absolute Gasteiger partial charge is 0.254 e. The van der Waals surface area contributed by atoms with Crippen LogP contribution in [0.25, 0.3) is 0 Å². The number of hydrogen-bond acceptors (Lipinski definition) is 5. The molecular formula is C30H38N4O3. The fraction of sp³-hybridized carbons (Fsp3) is 0.367. The molecule has 0 aliphatic carbocycles. The van der Waals surface area contributed by atoms with E-state index in [0.717, 1.165) is 24.1 Å². The zero-order valence-corrected chi connectivity index (χ0v) is 21.8. The van der Waals surface area contributed by atoms with Crippen LogP contribution in [0.2, 0.25) is 0 Å². The van der Waals surface area contributed by atoms with E-state index in [2.05, 4.69) is 10.3 Å². The number of nitrogens with zero attached hydrogens (tertiary/aromatic N) is 2. The highest BCUT2D eigenvalue weighted by Gasteiger charge is 2.31. The third kappa shape index (κ3) is 7.71. The molecule has 196 valence electrons. The molecule has 0 unspecified atom stereocenters. The van der Waals surface area contributed by atoms with Crippen LogP contribution >= 0.6 is 0 Å². The summed E-state index contributed by atoms with van der Waals surface area (Å²) in [6.45, 7) is 6.04. The van der Waals surface area contributed by atoms with Crippen molar-refractivity contribution in [2.24, 2.45) is 5.73 Å². The topological polar surface area (TPSA) is 109 Å². The summed E-state index contributed by atoms with van der Waals surface area (Å²) in [5.41, 5.74) is 8.86. The summed E-state index contributed by atoms with van der Waals surface area (Å²) in [5, 5.41) is 14.8. The highest BCUT2D eigenvalue weighted by molar-refractivity contribution is 6.02. The van der Waals surface area contributed by atoms with Gasteiger partial charge in [-0.3, -0.25) is 14.6 Å². The Kier molecular flexibility index (Phi) is 10.8. The molecule has 0 aliphatic rings. The molecule has 0 bridgehead atoms. The number of aromatic nitrogens is 1. The van der Waals surface area contributed by atoms with Gasteiger partial charge in [0, 0.05) is 49.4 Å². The average molecular weight is 503 g/mol. The lowest BCUT2D eigenvalue weighted by Crippen LogP contribution is -2.37. The molecule has 4 N–H and O–H groups in total. The van der Waals surface area contributed by atoms with Crippen LogP contribution in [-0.2, 0) is 13.0 Å². The molecule has 1 aromatic heterocycles. The molecule has 37 heavy (non-hydrogen) atoms. The first-order valence-electron chi connectivity index (χ1n) is 13.0. The molecule has 7 nitrogen and oxygen atoms in total. The Balaban J connectivity index is 2.02. The lowest BCUT2D eigenvalue weighted by atomic mass is 9.81. The highest BCUT2D eigenvalue weighted by atomic mass is 16.3. The van der Waals surface area contributed by atoms with Gasteiger partial charge < -0.3 is 21.1 Å². The molecule has 3 aromatic rings. The second kappa shape index (κ2) is 14.3. The summed E-state index contributed by atoms with van der Waals surface area (Å²) in [5.74, 6) is -1.30. The van der Waals surface area contributed by atoms with E-state index in [1.54, 1.807) is 24.4 Å². The summed E-state index contributed by atoms with van der Waals surface area (Å²) in [6.07, 6.45) is 2.93. The van der Waals surface area contributed by atoms with Gasteiger partial charge in [0.15, 0.2) is 0 Å². The number of hydrogen-bond donors (Lipinski definition) is 3. The standard InChI is InChI=1S/C30H38N4O3/c1-3-17-34(18-4-2)30(37)25-15-10-14-24(29(31)36)28(25)26(19-22-11-6-5-7-12-22)27(35)21-32-20-23-13-8-9-16-33-23/h5-16,26-27,32,35H,3-4,17-21H2,1-2H3,(H2,31,36)/t26-,27+/m1/s1. The van der Waals surface area contributed by atoms with E-state index in [0.29, 0.717) is 37.2 Å². The zero-order chi connectivity index (χ0) is 26.6. The Morgan fingerprint density at radius 3 is 2.24 bits per heavy atom. The summed E-state index contributed by atoms with van der Waals surface area (Å²) < 4.78 is 0. The number of aliphatic hydroxyl groups is 1. The summed E-state index contributed by atoms with van der Waals surface area (Å²) >= 11 is 0. The van der Waals surface area contributed by atoms with Crippen LogP contribution in [-0.4, -0.2) is 52.5 Å². The van der Waals surface area contributed by atoms with Crippen LogP contribution in [0.5, 0.6) is 0 Å². The van der Waals surface area contributed by atoms with Gasteiger partial charge in [0.1, 0.15) is 0 Å². The van der Waals surface area contributed by atoms with Crippen molar-refractivity contribution in [3.63, 3.8) is 0 Å². The third-order valence-corrected chi connectivity index (χ3v) is 6.40. The number of carbonyl (C=O) groups excluding carboxylic acids is 2. The van der Waals surface area contributed by atoms with Crippen molar-refractivity contribution in [3.8, 4) is 0 Å². The van der Waals surface area contributed by atoms with Crippen LogP contribution in [0.4, 0.5) is 0 Å². The number of rotatable bonds is 14. The molecule has 0 saturated carbocycles. The Labute approximate surface area is 219 Å². The average Bonchev–Trinajstić information content (AvgIpc) is 2.92. The van der Waals surface area contributed by atoms with E-state index in [1.165, 1.54) is 0 Å². The first kappa shape index (κ1) is 28.0. The molecule has 2 atom stereocenters. The minimum absolute atomic E-state index is 0.145. The second-order valence-electron chi connectivity index (χ2n) is 9.24. The summed E-state index contributed by atoms with van der Waals surface area (Å²) in [4.78, 5) is 32.5. The van der Waals surface area contributed by atoms with Crippen molar-refractivity contribution in [3.05, 3.63) is 101 Å². The van der Waals surface area contributed by atoms with E-state index < -0.39 is 17.9 Å². The number of nitrogens with two attached hydrogens (primary N) is 1. The molecule has 7 heteroatoms. The van der Waals surface area contributed by atoms with Gasteiger partial charge in [0.25, 0.3) is 5.91 Å². The number of amides is 2. The number of aliphatic hydroxyl groups excluding tert-OH is 1. The Morgan fingerprint density at radius 1 is 0.946 bits per heavy atom. The van der Waals surface area contributed by atoms with Gasteiger partial charge in [0.05, 0.1) is 11.8 Å². The zero-order valence-electron chi connectivity index (χ0n) is 21.8. The predicted molar refractivity (Wildman–Crippen MR) is 146 cm³/mol. The van der Waals surface area contributed by atoms with Gasteiger partial charge >= 0.3 is 0 Å². The van der Waals surface area contributed by atoms with Gasteiger partial charge in [0.2, 0.25) is 5.91 Å². The molecule has 3 rings (SSSR count). The van der Waals surface area contributed by atoms with Crippen molar-refractivity contribution in [2.75, 3.05) is 19.6 Å². The predicted octanol–water partition coefficient (Wildman–Crippen LogP) is 3.92. The van der Waals surface area contributed by atoms with Crippen LogP contribution in [0.15, 0.2) is 72.9 Å².